The molecule has 0 radical (unpaired) electrons. The van der Waals surface area contributed by atoms with Crippen molar-refractivity contribution in [3.8, 4) is 5.75 Å². The van der Waals surface area contributed by atoms with Crippen LogP contribution in [0.3, 0.4) is 0 Å². The van der Waals surface area contributed by atoms with Gasteiger partial charge in [0.05, 0.1) is 6.61 Å². The molecule has 1 rings (SSSR count). The van der Waals surface area contributed by atoms with Gasteiger partial charge < -0.3 is 10.1 Å². The molecule has 0 unspecified atom stereocenters. The predicted molar refractivity (Wildman–Crippen MR) is 67.3 cm³/mol. The molecule has 0 bridgehead atoms. The molecule has 0 saturated heterocycles. The summed E-state index contributed by atoms with van der Waals surface area (Å²) in [6, 6.07) is 7.92. The van der Waals surface area contributed by atoms with Crippen molar-refractivity contribution in [2.24, 2.45) is 5.41 Å². The number of halogens is 1. The molecule has 2 nitrogen and oxygen atoms in total. The Morgan fingerprint density at radius 1 is 1.27 bits per heavy atom. The summed E-state index contributed by atoms with van der Waals surface area (Å²) in [6.07, 6.45) is 0. The molecule has 0 fully saturated rings. The van der Waals surface area contributed by atoms with Gasteiger partial charge in [0.15, 0.2) is 0 Å². The van der Waals surface area contributed by atoms with E-state index in [2.05, 4.69) is 35.1 Å². The molecule has 0 saturated carbocycles. The molecule has 0 heterocycles. The molecule has 3 heteroatoms. The monoisotopic (exact) mass is 271 g/mol. The summed E-state index contributed by atoms with van der Waals surface area (Å²) in [5, 5.41) is 3.17. The van der Waals surface area contributed by atoms with E-state index in [0.29, 0.717) is 0 Å². The van der Waals surface area contributed by atoms with Crippen molar-refractivity contribution in [2.45, 2.75) is 13.8 Å². The SMILES string of the molecule is CNCC(C)(C)COc1ccc(Br)cc1. The smallest absolute Gasteiger partial charge is 0.119 e. The summed E-state index contributed by atoms with van der Waals surface area (Å²) in [7, 11) is 1.96. The molecule has 1 aromatic rings. The maximum atomic E-state index is 5.72. The first kappa shape index (κ1) is 12.5. The van der Waals surface area contributed by atoms with E-state index in [4.69, 9.17) is 4.74 Å². The summed E-state index contributed by atoms with van der Waals surface area (Å²) >= 11 is 3.40. The lowest BCUT2D eigenvalue weighted by molar-refractivity contribution is 0.179. The highest BCUT2D eigenvalue weighted by molar-refractivity contribution is 9.10. The molecule has 84 valence electrons. The van der Waals surface area contributed by atoms with E-state index >= 15 is 0 Å². The number of rotatable bonds is 5. The van der Waals surface area contributed by atoms with Gasteiger partial charge in [0, 0.05) is 16.4 Å². The fourth-order valence-electron chi connectivity index (χ4n) is 1.34. The molecule has 15 heavy (non-hydrogen) atoms. The molecule has 0 aliphatic carbocycles. The predicted octanol–water partition coefficient (Wildman–Crippen LogP) is 3.07. The molecule has 0 aliphatic rings. The lowest BCUT2D eigenvalue weighted by Crippen LogP contribution is -2.32. The second kappa shape index (κ2) is 5.52. The van der Waals surface area contributed by atoms with Crippen molar-refractivity contribution in [1.29, 1.82) is 0 Å². The van der Waals surface area contributed by atoms with E-state index in [1.807, 2.05) is 31.3 Å². The zero-order valence-corrected chi connectivity index (χ0v) is 11.1. The highest BCUT2D eigenvalue weighted by Crippen LogP contribution is 2.20. The van der Waals surface area contributed by atoms with Crippen LogP contribution in [0.25, 0.3) is 0 Å². The van der Waals surface area contributed by atoms with Crippen LogP contribution in [0, 0.1) is 5.41 Å². The van der Waals surface area contributed by atoms with Crippen LogP contribution in [-0.4, -0.2) is 20.2 Å². The Hall–Kier alpha value is -0.540. The molecule has 1 aromatic carbocycles. The van der Waals surface area contributed by atoms with Crippen molar-refractivity contribution >= 4 is 15.9 Å². The fourth-order valence-corrected chi connectivity index (χ4v) is 1.60. The van der Waals surface area contributed by atoms with Crippen molar-refractivity contribution in [2.75, 3.05) is 20.2 Å². The average Bonchev–Trinajstić information content (AvgIpc) is 2.17. The van der Waals surface area contributed by atoms with E-state index in [-0.39, 0.29) is 5.41 Å². The lowest BCUT2D eigenvalue weighted by atomic mass is 9.95. The molecule has 1 N–H and O–H groups in total. The Balaban J connectivity index is 2.46. The van der Waals surface area contributed by atoms with Crippen LogP contribution in [0.4, 0.5) is 0 Å². The van der Waals surface area contributed by atoms with Crippen LogP contribution in [0.1, 0.15) is 13.8 Å². The van der Waals surface area contributed by atoms with Crippen LogP contribution in [-0.2, 0) is 0 Å². The van der Waals surface area contributed by atoms with Gasteiger partial charge in [-0.05, 0) is 31.3 Å². The Morgan fingerprint density at radius 2 is 1.87 bits per heavy atom. The molecular formula is C12H18BrNO. The molecular weight excluding hydrogens is 254 g/mol. The second-order valence-corrected chi connectivity index (χ2v) is 5.35. The average molecular weight is 272 g/mol. The number of benzene rings is 1. The van der Waals surface area contributed by atoms with Crippen molar-refractivity contribution < 1.29 is 4.74 Å². The number of nitrogens with one attached hydrogen (secondary N) is 1. The third-order valence-corrected chi connectivity index (χ3v) is 2.63. The van der Waals surface area contributed by atoms with Gasteiger partial charge in [-0.2, -0.15) is 0 Å². The zero-order chi connectivity index (χ0) is 11.3. The summed E-state index contributed by atoms with van der Waals surface area (Å²) < 4.78 is 6.79. The first-order valence-electron chi connectivity index (χ1n) is 5.06. The molecule has 0 aromatic heterocycles. The highest BCUT2D eigenvalue weighted by atomic mass is 79.9. The quantitative estimate of drug-likeness (QED) is 0.889. The largest absolute Gasteiger partial charge is 0.493 e. The van der Waals surface area contributed by atoms with E-state index in [9.17, 15) is 0 Å². The highest BCUT2D eigenvalue weighted by Gasteiger charge is 2.17. The van der Waals surface area contributed by atoms with Crippen molar-refractivity contribution in [3.63, 3.8) is 0 Å². The van der Waals surface area contributed by atoms with Gasteiger partial charge in [-0.3, -0.25) is 0 Å². The molecule has 0 aliphatic heterocycles. The fraction of sp³-hybridized carbons (Fsp3) is 0.500. The van der Waals surface area contributed by atoms with Crippen LogP contribution < -0.4 is 10.1 Å². The summed E-state index contributed by atoms with van der Waals surface area (Å²) in [6.45, 7) is 6.03. The van der Waals surface area contributed by atoms with Gasteiger partial charge in [0.25, 0.3) is 0 Å². The van der Waals surface area contributed by atoms with Crippen LogP contribution in [0.15, 0.2) is 28.7 Å². The standard InChI is InChI=1S/C12H18BrNO/c1-12(2,8-14-3)9-15-11-6-4-10(13)5-7-11/h4-7,14H,8-9H2,1-3H3. The lowest BCUT2D eigenvalue weighted by Gasteiger charge is -2.24. The van der Waals surface area contributed by atoms with Gasteiger partial charge in [-0.25, -0.2) is 0 Å². The third-order valence-electron chi connectivity index (χ3n) is 2.10. The summed E-state index contributed by atoms with van der Waals surface area (Å²) in [4.78, 5) is 0. The van der Waals surface area contributed by atoms with E-state index in [1.54, 1.807) is 0 Å². The minimum Gasteiger partial charge on any atom is -0.493 e. The van der Waals surface area contributed by atoms with E-state index < -0.39 is 0 Å². The van der Waals surface area contributed by atoms with E-state index in [0.717, 1.165) is 23.4 Å². The third kappa shape index (κ3) is 4.67. The van der Waals surface area contributed by atoms with Gasteiger partial charge >= 0.3 is 0 Å². The maximum Gasteiger partial charge on any atom is 0.119 e. The topological polar surface area (TPSA) is 21.3 Å². The first-order chi connectivity index (χ1) is 7.03. The molecule has 0 spiro atoms. The Morgan fingerprint density at radius 3 is 2.40 bits per heavy atom. The van der Waals surface area contributed by atoms with Crippen molar-refractivity contribution in [1.82, 2.24) is 5.32 Å². The van der Waals surface area contributed by atoms with Crippen LogP contribution >= 0.6 is 15.9 Å². The molecule has 0 amide bonds. The maximum absolute atomic E-state index is 5.72. The number of hydrogen-bond donors (Lipinski definition) is 1. The van der Waals surface area contributed by atoms with Gasteiger partial charge in [0.1, 0.15) is 5.75 Å². The minimum absolute atomic E-state index is 0.155. The van der Waals surface area contributed by atoms with E-state index in [1.165, 1.54) is 0 Å². The van der Waals surface area contributed by atoms with Crippen LogP contribution in [0.5, 0.6) is 5.75 Å². The normalized spacial score (nSPS) is 11.5. The minimum atomic E-state index is 0.155. The van der Waals surface area contributed by atoms with Crippen molar-refractivity contribution in [3.05, 3.63) is 28.7 Å². The zero-order valence-electron chi connectivity index (χ0n) is 9.51. The molecule has 0 atom stereocenters. The first-order valence-corrected chi connectivity index (χ1v) is 5.86. The number of hydrogen-bond acceptors (Lipinski definition) is 2. The van der Waals surface area contributed by atoms with Gasteiger partial charge in [-0.15, -0.1) is 0 Å². The van der Waals surface area contributed by atoms with Gasteiger partial charge in [0.2, 0.25) is 0 Å². The Labute approximate surface area is 100 Å². The summed E-state index contributed by atoms with van der Waals surface area (Å²) in [5.74, 6) is 0.919. The Kier molecular flexibility index (Phi) is 4.61. The summed E-state index contributed by atoms with van der Waals surface area (Å²) in [5.41, 5.74) is 0.155. The Bertz CT molecular complexity index is 295. The van der Waals surface area contributed by atoms with Gasteiger partial charge in [-0.1, -0.05) is 29.8 Å². The second-order valence-electron chi connectivity index (χ2n) is 4.44. The number of ether oxygens (including phenoxy) is 1. The van der Waals surface area contributed by atoms with Crippen LogP contribution in [0.2, 0.25) is 0 Å².